The Morgan fingerprint density at radius 2 is 1.76 bits per heavy atom. The van der Waals surface area contributed by atoms with Crippen molar-refractivity contribution in [2.45, 2.75) is 59.8 Å². The minimum absolute atomic E-state index is 0.00266. The fourth-order valence-electron chi connectivity index (χ4n) is 2.06. The zero-order chi connectivity index (χ0) is 13.2. The lowest BCUT2D eigenvalue weighted by Crippen LogP contribution is -2.12. The Morgan fingerprint density at radius 3 is 2.24 bits per heavy atom. The lowest BCUT2D eigenvalue weighted by Gasteiger charge is -2.23. The largest absolute Gasteiger partial charge is 0.507 e. The van der Waals surface area contributed by atoms with Gasteiger partial charge in [-0.2, -0.15) is 0 Å². The first kappa shape index (κ1) is 14.1. The minimum atomic E-state index is 0.00266. The maximum absolute atomic E-state index is 10.4. The summed E-state index contributed by atoms with van der Waals surface area (Å²) in [5.41, 5.74) is 3.41. The molecule has 0 bridgehead atoms. The van der Waals surface area contributed by atoms with Crippen LogP contribution >= 0.6 is 0 Å². The molecule has 0 spiro atoms. The molecule has 1 N–H and O–H groups in total. The molecular formula is C16H26O. The Kier molecular flexibility index (Phi) is 4.24. The van der Waals surface area contributed by atoms with E-state index >= 15 is 0 Å². The van der Waals surface area contributed by atoms with E-state index in [1.165, 1.54) is 5.56 Å². The summed E-state index contributed by atoms with van der Waals surface area (Å²) in [6, 6.07) is 4.22. The molecule has 1 rings (SSSR count). The number of phenolic OH excluding ortho intramolecular Hbond substituents is 1. The number of rotatable bonds is 3. The van der Waals surface area contributed by atoms with E-state index in [2.05, 4.69) is 53.7 Å². The van der Waals surface area contributed by atoms with Gasteiger partial charge in [-0.25, -0.2) is 0 Å². The third-order valence-corrected chi connectivity index (χ3v) is 3.13. The van der Waals surface area contributed by atoms with Crippen molar-refractivity contribution in [1.29, 1.82) is 0 Å². The van der Waals surface area contributed by atoms with Crippen molar-refractivity contribution in [3.63, 3.8) is 0 Å². The van der Waals surface area contributed by atoms with Crippen LogP contribution in [0.15, 0.2) is 12.1 Å². The highest BCUT2D eigenvalue weighted by Gasteiger charge is 2.20. The minimum Gasteiger partial charge on any atom is -0.507 e. The standard InChI is InChI=1S/C16H26O/c1-11(2)7-8-13-9-12(3)10-14(15(13)17)16(4,5)6/h9-11,17H,7-8H2,1-6H3. The van der Waals surface area contributed by atoms with Gasteiger partial charge in [0.1, 0.15) is 5.75 Å². The van der Waals surface area contributed by atoms with Gasteiger partial charge in [0.2, 0.25) is 0 Å². The molecule has 0 radical (unpaired) electrons. The molecule has 0 fully saturated rings. The first-order chi connectivity index (χ1) is 7.71. The van der Waals surface area contributed by atoms with Crippen LogP contribution in [0.25, 0.3) is 0 Å². The summed E-state index contributed by atoms with van der Waals surface area (Å²) in [6.45, 7) is 13.0. The topological polar surface area (TPSA) is 20.2 Å². The smallest absolute Gasteiger partial charge is 0.122 e. The van der Waals surface area contributed by atoms with Crippen LogP contribution in [0, 0.1) is 12.8 Å². The zero-order valence-corrected chi connectivity index (χ0v) is 12.1. The maximum atomic E-state index is 10.4. The average molecular weight is 234 g/mol. The SMILES string of the molecule is Cc1cc(CCC(C)C)c(O)c(C(C)(C)C)c1. The second-order valence-electron chi connectivity index (χ2n) is 6.50. The van der Waals surface area contributed by atoms with Crippen LogP contribution < -0.4 is 0 Å². The quantitative estimate of drug-likeness (QED) is 0.811. The lowest BCUT2D eigenvalue weighted by molar-refractivity contribution is 0.436. The van der Waals surface area contributed by atoms with Gasteiger partial charge in [-0.05, 0) is 42.2 Å². The normalized spacial score (nSPS) is 12.2. The van der Waals surface area contributed by atoms with Crippen molar-refractivity contribution >= 4 is 0 Å². The van der Waals surface area contributed by atoms with Crippen molar-refractivity contribution in [1.82, 2.24) is 0 Å². The van der Waals surface area contributed by atoms with Gasteiger partial charge in [0.15, 0.2) is 0 Å². The Labute approximate surface area is 106 Å². The summed E-state index contributed by atoms with van der Waals surface area (Å²) in [5.74, 6) is 1.18. The van der Waals surface area contributed by atoms with Crippen molar-refractivity contribution in [3.8, 4) is 5.75 Å². The molecule has 0 aliphatic rings. The van der Waals surface area contributed by atoms with E-state index in [4.69, 9.17) is 0 Å². The van der Waals surface area contributed by atoms with E-state index in [0.29, 0.717) is 11.7 Å². The van der Waals surface area contributed by atoms with E-state index in [1.54, 1.807) is 0 Å². The van der Waals surface area contributed by atoms with E-state index in [9.17, 15) is 5.11 Å². The van der Waals surface area contributed by atoms with E-state index in [-0.39, 0.29) is 5.41 Å². The Balaban J connectivity index is 3.11. The van der Waals surface area contributed by atoms with Crippen LogP contribution in [-0.4, -0.2) is 5.11 Å². The van der Waals surface area contributed by atoms with Crippen LogP contribution in [0.4, 0.5) is 0 Å². The zero-order valence-electron chi connectivity index (χ0n) is 12.1. The van der Waals surface area contributed by atoms with Crippen LogP contribution in [0.2, 0.25) is 0 Å². The molecule has 0 amide bonds. The number of hydrogen-bond donors (Lipinski definition) is 1. The number of aryl methyl sites for hydroxylation is 2. The van der Waals surface area contributed by atoms with Crippen LogP contribution in [0.5, 0.6) is 5.75 Å². The summed E-state index contributed by atoms with van der Waals surface area (Å²) in [4.78, 5) is 0. The monoisotopic (exact) mass is 234 g/mol. The molecule has 17 heavy (non-hydrogen) atoms. The molecule has 0 aromatic heterocycles. The molecule has 1 nitrogen and oxygen atoms in total. The van der Waals surface area contributed by atoms with Crippen molar-refractivity contribution < 1.29 is 5.11 Å². The lowest BCUT2D eigenvalue weighted by atomic mass is 9.83. The molecule has 0 unspecified atom stereocenters. The van der Waals surface area contributed by atoms with Gasteiger partial charge in [0, 0.05) is 0 Å². The molecule has 1 heteroatoms. The molecule has 0 saturated heterocycles. The number of phenols is 1. The number of benzene rings is 1. The molecule has 0 aliphatic carbocycles. The third-order valence-electron chi connectivity index (χ3n) is 3.13. The van der Waals surface area contributed by atoms with Gasteiger partial charge in [-0.15, -0.1) is 0 Å². The van der Waals surface area contributed by atoms with Gasteiger partial charge in [-0.3, -0.25) is 0 Å². The second-order valence-corrected chi connectivity index (χ2v) is 6.50. The Bertz CT molecular complexity index is 383. The predicted molar refractivity (Wildman–Crippen MR) is 74.7 cm³/mol. The molecule has 1 aromatic carbocycles. The molecule has 0 heterocycles. The molecule has 1 aromatic rings. The van der Waals surface area contributed by atoms with E-state index < -0.39 is 0 Å². The number of hydrogen-bond acceptors (Lipinski definition) is 1. The highest BCUT2D eigenvalue weighted by molar-refractivity contribution is 5.46. The predicted octanol–water partition coefficient (Wildman–Crippen LogP) is 4.59. The van der Waals surface area contributed by atoms with E-state index in [0.717, 1.165) is 24.0 Å². The highest BCUT2D eigenvalue weighted by atomic mass is 16.3. The van der Waals surface area contributed by atoms with Gasteiger partial charge in [0.25, 0.3) is 0 Å². The molecule has 96 valence electrons. The average Bonchev–Trinajstić information content (AvgIpc) is 2.17. The third kappa shape index (κ3) is 3.76. The van der Waals surface area contributed by atoms with E-state index in [1.807, 2.05) is 0 Å². The molecular weight excluding hydrogens is 208 g/mol. The molecule has 0 aliphatic heterocycles. The summed E-state index contributed by atoms with van der Waals surface area (Å²) in [5, 5.41) is 10.4. The molecule has 0 atom stereocenters. The van der Waals surface area contributed by atoms with Crippen LogP contribution in [0.3, 0.4) is 0 Å². The summed E-state index contributed by atoms with van der Waals surface area (Å²) < 4.78 is 0. The summed E-state index contributed by atoms with van der Waals surface area (Å²) in [7, 11) is 0. The maximum Gasteiger partial charge on any atom is 0.122 e. The first-order valence-electron chi connectivity index (χ1n) is 6.54. The Morgan fingerprint density at radius 1 is 1.18 bits per heavy atom. The van der Waals surface area contributed by atoms with Gasteiger partial charge in [0.05, 0.1) is 0 Å². The summed E-state index contributed by atoms with van der Waals surface area (Å²) >= 11 is 0. The number of aromatic hydroxyl groups is 1. The van der Waals surface area contributed by atoms with Crippen molar-refractivity contribution in [2.24, 2.45) is 5.92 Å². The Hall–Kier alpha value is -0.980. The van der Waals surface area contributed by atoms with Crippen molar-refractivity contribution in [3.05, 3.63) is 28.8 Å². The first-order valence-corrected chi connectivity index (χ1v) is 6.54. The highest BCUT2D eigenvalue weighted by Crippen LogP contribution is 2.35. The fourth-order valence-corrected chi connectivity index (χ4v) is 2.06. The van der Waals surface area contributed by atoms with Crippen molar-refractivity contribution in [2.75, 3.05) is 0 Å². The molecule has 0 saturated carbocycles. The van der Waals surface area contributed by atoms with Gasteiger partial charge in [-0.1, -0.05) is 52.3 Å². The van der Waals surface area contributed by atoms with Gasteiger partial charge >= 0.3 is 0 Å². The van der Waals surface area contributed by atoms with Crippen LogP contribution in [-0.2, 0) is 11.8 Å². The fraction of sp³-hybridized carbons (Fsp3) is 0.625. The second kappa shape index (κ2) is 5.12. The van der Waals surface area contributed by atoms with Crippen LogP contribution in [0.1, 0.15) is 57.7 Å². The summed E-state index contributed by atoms with van der Waals surface area (Å²) in [6.07, 6.45) is 2.09. The van der Waals surface area contributed by atoms with Gasteiger partial charge < -0.3 is 5.11 Å².